The Kier molecular flexibility index (Phi) is 7.13. The number of ether oxygens (including phenoxy) is 1. The van der Waals surface area contributed by atoms with Crippen LogP contribution in [0.2, 0.25) is 0 Å². The van der Waals surface area contributed by atoms with Crippen LogP contribution in [0.3, 0.4) is 0 Å². The van der Waals surface area contributed by atoms with Crippen molar-refractivity contribution in [3.05, 3.63) is 35.4 Å². The van der Waals surface area contributed by atoms with Gasteiger partial charge in [0.2, 0.25) is 10.4 Å². The third kappa shape index (κ3) is 8.65. The summed E-state index contributed by atoms with van der Waals surface area (Å²) in [7, 11) is -4.92. The van der Waals surface area contributed by atoms with Gasteiger partial charge in [-0.1, -0.05) is 12.1 Å². The van der Waals surface area contributed by atoms with Gasteiger partial charge in [-0.2, -0.15) is 0 Å². The molecule has 0 bridgehead atoms. The maximum Gasteiger partial charge on any atom is 0.338 e. The second-order valence-electron chi connectivity index (χ2n) is 3.10. The highest BCUT2D eigenvalue weighted by atomic mass is 32.3. The Morgan fingerprint density at radius 3 is 2.17 bits per heavy atom. The lowest BCUT2D eigenvalue weighted by Gasteiger charge is -2.01. The predicted molar refractivity (Wildman–Crippen MR) is 61.3 cm³/mol. The van der Waals surface area contributed by atoms with Gasteiger partial charge in [-0.15, -0.1) is 0 Å². The molecule has 8 heteroatoms. The Balaban J connectivity index is 0.000000494. The van der Waals surface area contributed by atoms with Gasteiger partial charge >= 0.3 is 5.97 Å². The molecular weight excluding hydrogens is 262 g/mol. The van der Waals surface area contributed by atoms with Crippen molar-refractivity contribution in [1.29, 1.82) is 0 Å². The van der Waals surface area contributed by atoms with Crippen LogP contribution in [0.1, 0.15) is 22.8 Å². The first-order valence-corrected chi connectivity index (χ1v) is 6.38. The molecule has 0 spiro atoms. The van der Waals surface area contributed by atoms with Crippen LogP contribution in [0.15, 0.2) is 24.3 Å². The standard InChI is InChI=1S/C10H13NO2.H2O4S/c1-2-13-10(12)9-5-3-8(7-11)4-6-9;1-5(2,3)4/h3-6H,2,7,11H2,1H3;(H2,1,2,3,4). The second-order valence-corrected chi connectivity index (χ2v) is 3.95. The van der Waals surface area contributed by atoms with Crippen LogP contribution < -0.4 is 5.73 Å². The van der Waals surface area contributed by atoms with Gasteiger partial charge in [-0.25, -0.2) is 13.2 Å². The summed E-state index contributed by atoms with van der Waals surface area (Å²) in [5, 5.41) is 0. The van der Waals surface area contributed by atoms with Gasteiger partial charge in [-0.05, 0) is 19.1 Å². The number of hydrogen-bond donors (Lipinski definition) is 2. The molecule has 0 aliphatic carbocycles. The van der Waals surface area contributed by atoms with Crippen molar-refractivity contribution in [1.82, 2.24) is 0 Å². The maximum absolute atomic E-state index is 11.2. The van der Waals surface area contributed by atoms with Crippen molar-refractivity contribution < 1.29 is 32.8 Å². The largest absolute Gasteiger partial charge is 0.726 e. The molecule has 4 N–H and O–H groups in total. The summed E-state index contributed by atoms with van der Waals surface area (Å²) in [4.78, 5) is 11.2. The zero-order chi connectivity index (χ0) is 14.2. The molecule has 0 unspecified atom stereocenters. The van der Waals surface area contributed by atoms with Gasteiger partial charge in [0.15, 0.2) is 0 Å². The lowest BCUT2D eigenvalue weighted by molar-refractivity contribution is -0.386. The van der Waals surface area contributed by atoms with E-state index in [0.29, 0.717) is 12.2 Å². The van der Waals surface area contributed by atoms with Gasteiger partial charge in [0.1, 0.15) is 0 Å². The molecule has 0 fully saturated rings. The first kappa shape index (κ1) is 16.5. The monoisotopic (exact) mass is 277 g/mol. The number of hydrogen-bond acceptors (Lipinski definition) is 5. The van der Waals surface area contributed by atoms with Crippen molar-refractivity contribution in [2.45, 2.75) is 13.5 Å². The predicted octanol–water partition coefficient (Wildman–Crippen LogP) is -0.390. The molecule has 1 rings (SSSR count). The Morgan fingerprint density at radius 1 is 1.39 bits per heavy atom. The molecule has 0 aliphatic rings. The van der Waals surface area contributed by atoms with Crippen molar-refractivity contribution in [2.75, 3.05) is 6.61 Å². The topological polar surface area (TPSA) is 131 Å². The molecule has 18 heavy (non-hydrogen) atoms. The molecule has 0 radical (unpaired) electrons. The SMILES string of the molecule is CCOC(=O)c1ccc(C[NH3+])cc1.O=S(=O)([O-])O. The smallest absolute Gasteiger partial charge is 0.338 e. The third-order valence-electron chi connectivity index (χ3n) is 1.75. The molecule has 0 aromatic heterocycles. The van der Waals surface area contributed by atoms with Crippen molar-refractivity contribution in [3.63, 3.8) is 0 Å². The van der Waals surface area contributed by atoms with Crippen LogP contribution in [0, 0.1) is 0 Å². The molecule has 0 aliphatic heterocycles. The quantitative estimate of drug-likeness (QED) is 0.439. The van der Waals surface area contributed by atoms with E-state index in [1.165, 1.54) is 0 Å². The highest BCUT2D eigenvalue weighted by Gasteiger charge is 2.04. The summed E-state index contributed by atoms with van der Waals surface area (Å²) in [6.45, 7) is 2.95. The molecular formula is C10H15NO6S. The van der Waals surface area contributed by atoms with Crippen LogP contribution in [-0.4, -0.2) is 30.1 Å². The number of esters is 1. The molecule has 0 saturated carbocycles. The van der Waals surface area contributed by atoms with E-state index in [4.69, 9.17) is 22.3 Å². The summed E-state index contributed by atoms with van der Waals surface area (Å²) in [6.07, 6.45) is 0. The molecule has 7 nitrogen and oxygen atoms in total. The van der Waals surface area contributed by atoms with Crippen molar-refractivity contribution in [2.24, 2.45) is 0 Å². The number of benzene rings is 1. The average Bonchev–Trinajstić information content (AvgIpc) is 2.27. The van der Waals surface area contributed by atoms with Crippen molar-refractivity contribution in [3.8, 4) is 0 Å². The summed E-state index contributed by atoms with van der Waals surface area (Å²) < 4.78 is 37.7. The Labute approximate surface area is 105 Å². The average molecular weight is 277 g/mol. The van der Waals surface area contributed by atoms with Crippen LogP contribution in [-0.2, 0) is 21.7 Å². The van der Waals surface area contributed by atoms with E-state index in [2.05, 4.69) is 5.73 Å². The molecule has 0 heterocycles. The van der Waals surface area contributed by atoms with Crippen LogP contribution in [0.4, 0.5) is 0 Å². The first-order valence-electron chi connectivity index (χ1n) is 5.01. The summed E-state index contributed by atoms with van der Waals surface area (Å²) in [6, 6.07) is 7.30. The lowest BCUT2D eigenvalue weighted by atomic mass is 10.1. The number of carbonyl (C=O) groups is 1. The minimum absolute atomic E-state index is 0.266. The zero-order valence-electron chi connectivity index (χ0n) is 9.83. The number of quaternary nitrogens is 1. The van der Waals surface area contributed by atoms with Gasteiger partial charge in [0.25, 0.3) is 0 Å². The Morgan fingerprint density at radius 2 is 1.83 bits per heavy atom. The minimum Gasteiger partial charge on any atom is -0.726 e. The third-order valence-corrected chi connectivity index (χ3v) is 1.75. The first-order chi connectivity index (χ1) is 8.27. The van der Waals surface area contributed by atoms with Gasteiger partial charge < -0.3 is 15.0 Å². The molecule has 0 saturated heterocycles. The van der Waals surface area contributed by atoms with E-state index < -0.39 is 10.4 Å². The van der Waals surface area contributed by atoms with E-state index in [1.807, 2.05) is 12.1 Å². The fourth-order valence-electron chi connectivity index (χ4n) is 1.02. The zero-order valence-corrected chi connectivity index (χ0v) is 10.6. The maximum atomic E-state index is 11.2. The van der Waals surface area contributed by atoms with Crippen LogP contribution in [0.25, 0.3) is 0 Å². The molecule has 1 aromatic rings. The molecule has 102 valence electrons. The van der Waals surface area contributed by atoms with Gasteiger partial charge in [-0.3, -0.25) is 4.55 Å². The highest BCUT2D eigenvalue weighted by molar-refractivity contribution is 7.79. The summed E-state index contributed by atoms with van der Waals surface area (Å²) in [5.41, 5.74) is 5.47. The lowest BCUT2D eigenvalue weighted by Crippen LogP contribution is -2.47. The summed E-state index contributed by atoms with van der Waals surface area (Å²) >= 11 is 0. The van der Waals surface area contributed by atoms with Gasteiger partial charge in [0, 0.05) is 5.56 Å². The van der Waals surface area contributed by atoms with E-state index in [0.717, 1.165) is 12.1 Å². The normalized spacial score (nSPS) is 10.2. The van der Waals surface area contributed by atoms with E-state index in [1.54, 1.807) is 19.1 Å². The van der Waals surface area contributed by atoms with Crippen LogP contribution >= 0.6 is 0 Å². The van der Waals surface area contributed by atoms with E-state index in [9.17, 15) is 4.79 Å². The highest BCUT2D eigenvalue weighted by Crippen LogP contribution is 2.04. The Hall–Kier alpha value is -1.48. The summed E-state index contributed by atoms with van der Waals surface area (Å²) in [5.74, 6) is -0.266. The van der Waals surface area contributed by atoms with Gasteiger partial charge in [0.05, 0.1) is 18.7 Å². The van der Waals surface area contributed by atoms with Crippen molar-refractivity contribution >= 4 is 16.4 Å². The fourth-order valence-corrected chi connectivity index (χ4v) is 1.02. The van der Waals surface area contributed by atoms with E-state index in [-0.39, 0.29) is 5.97 Å². The number of carbonyl (C=O) groups excluding carboxylic acids is 1. The Bertz CT molecular complexity index is 460. The van der Waals surface area contributed by atoms with E-state index >= 15 is 0 Å². The number of rotatable bonds is 3. The van der Waals surface area contributed by atoms with Crippen LogP contribution in [0.5, 0.6) is 0 Å². The second kappa shape index (κ2) is 7.77. The molecule has 0 amide bonds. The molecule has 1 aromatic carbocycles. The minimum atomic E-state index is -4.92. The fraction of sp³-hybridized carbons (Fsp3) is 0.300. The molecule has 0 atom stereocenters.